The van der Waals surface area contributed by atoms with E-state index in [1.165, 1.54) is 30.6 Å². The maximum absolute atomic E-state index is 6.19. The van der Waals surface area contributed by atoms with Crippen molar-refractivity contribution in [3.63, 3.8) is 0 Å². The van der Waals surface area contributed by atoms with Gasteiger partial charge in [0, 0.05) is 25.2 Å². The van der Waals surface area contributed by atoms with Gasteiger partial charge in [-0.25, -0.2) is 0 Å². The molecular formula is C15H20N2O. The Bertz CT molecular complexity index is 501. The summed E-state index contributed by atoms with van der Waals surface area (Å²) in [5.41, 5.74) is 2.83. The first-order chi connectivity index (χ1) is 8.70. The molecule has 1 aromatic rings. The highest BCUT2D eigenvalue weighted by molar-refractivity contribution is 5.70. The van der Waals surface area contributed by atoms with Crippen molar-refractivity contribution in [1.82, 2.24) is 4.90 Å². The molecular weight excluding hydrogens is 224 g/mol. The molecule has 3 aliphatic rings. The molecule has 2 unspecified atom stereocenters. The molecule has 4 rings (SSSR count). The van der Waals surface area contributed by atoms with Crippen molar-refractivity contribution in [3.05, 3.63) is 23.8 Å². The van der Waals surface area contributed by atoms with Crippen LogP contribution < -0.4 is 9.64 Å². The number of anilines is 1. The minimum absolute atomic E-state index is 0.00998. The van der Waals surface area contributed by atoms with Gasteiger partial charge in [-0.3, -0.25) is 0 Å². The highest BCUT2D eigenvalue weighted by atomic mass is 16.5. The standard InChI is InChI=1S/C15H20N2O/c1-16-8-4-5-11(16)9-15-10-17(2)12-6-3-7-13(18-15)14(12)15/h3,6-7,11H,4-5,8-10H2,1-2H3. The Kier molecular flexibility index (Phi) is 2.03. The average Bonchev–Trinajstić information content (AvgIpc) is 2.82. The van der Waals surface area contributed by atoms with Gasteiger partial charge in [0.1, 0.15) is 5.75 Å². The summed E-state index contributed by atoms with van der Waals surface area (Å²) in [6, 6.07) is 7.12. The molecule has 0 aromatic heterocycles. The molecule has 18 heavy (non-hydrogen) atoms. The lowest BCUT2D eigenvalue weighted by Gasteiger charge is -2.42. The first kappa shape index (κ1) is 10.7. The van der Waals surface area contributed by atoms with Gasteiger partial charge in [0.25, 0.3) is 0 Å². The van der Waals surface area contributed by atoms with Crippen LogP contribution in [0.25, 0.3) is 0 Å². The van der Waals surface area contributed by atoms with Gasteiger partial charge < -0.3 is 14.5 Å². The number of hydrogen-bond acceptors (Lipinski definition) is 3. The minimum Gasteiger partial charge on any atom is -0.480 e. The van der Waals surface area contributed by atoms with E-state index in [1.54, 1.807) is 0 Å². The lowest BCUT2D eigenvalue weighted by molar-refractivity contribution is 0.00441. The molecule has 1 fully saturated rings. The summed E-state index contributed by atoms with van der Waals surface area (Å²) in [5, 5.41) is 0. The van der Waals surface area contributed by atoms with E-state index in [0.717, 1.165) is 18.7 Å². The van der Waals surface area contributed by atoms with Crippen molar-refractivity contribution in [3.8, 4) is 5.75 Å². The van der Waals surface area contributed by atoms with Crippen LogP contribution in [0.3, 0.4) is 0 Å². The quantitative estimate of drug-likeness (QED) is 0.793. The van der Waals surface area contributed by atoms with E-state index >= 15 is 0 Å². The number of rotatable bonds is 2. The van der Waals surface area contributed by atoms with Crippen molar-refractivity contribution in [2.45, 2.75) is 30.9 Å². The Morgan fingerprint density at radius 1 is 1.39 bits per heavy atom. The Hall–Kier alpha value is -1.22. The number of ether oxygens (including phenoxy) is 1. The summed E-state index contributed by atoms with van der Waals surface area (Å²) >= 11 is 0. The van der Waals surface area contributed by atoms with Gasteiger partial charge in [-0.1, -0.05) is 6.07 Å². The molecule has 0 aliphatic carbocycles. The van der Waals surface area contributed by atoms with Crippen molar-refractivity contribution < 1.29 is 4.74 Å². The summed E-state index contributed by atoms with van der Waals surface area (Å²) in [6.45, 7) is 2.26. The molecule has 0 spiro atoms. The summed E-state index contributed by atoms with van der Waals surface area (Å²) in [4.78, 5) is 4.85. The number of nitrogens with zero attached hydrogens (tertiary/aromatic N) is 2. The van der Waals surface area contributed by atoms with Crippen LogP contribution in [0, 0.1) is 0 Å². The summed E-state index contributed by atoms with van der Waals surface area (Å²) in [6.07, 6.45) is 3.81. The molecule has 3 heterocycles. The molecule has 3 heteroatoms. The average molecular weight is 244 g/mol. The molecule has 0 saturated carbocycles. The van der Waals surface area contributed by atoms with Crippen molar-refractivity contribution in [2.75, 3.05) is 32.1 Å². The maximum atomic E-state index is 6.19. The Labute approximate surface area is 108 Å². The van der Waals surface area contributed by atoms with Crippen LogP contribution >= 0.6 is 0 Å². The van der Waals surface area contributed by atoms with Gasteiger partial charge in [0.2, 0.25) is 0 Å². The Balaban J connectivity index is 1.67. The minimum atomic E-state index is -0.00998. The van der Waals surface area contributed by atoms with Crippen LogP contribution in [0.15, 0.2) is 18.2 Å². The lowest BCUT2D eigenvalue weighted by atomic mass is 9.83. The third kappa shape index (κ3) is 1.23. The fourth-order valence-electron chi connectivity index (χ4n) is 4.00. The number of benzene rings is 1. The van der Waals surface area contributed by atoms with Gasteiger partial charge >= 0.3 is 0 Å². The third-order valence-electron chi connectivity index (χ3n) is 4.91. The van der Waals surface area contributed by atoms with Crippen LogP contribution in [0.4, 0.5) is 5.69 Å². The molecule has 0 N–H and O–H groups in total. The molecule has 96 valence electrons. The zero-order valence-electron chi connectivity index (χ0n) is 11.1. The van der Waals surface area contributed by atoms with Crippen molar-refractivity contribution in [1.29, 1.82) is 0 Å². The van der Waals surface area contributed by atoms with Crippen LogP contribution in [-0.4, -0.2) is 38.1 Å². The van der Waals surface area contributed by atoms with Gasteiger partial charge in [0.05, 0.1) is 12.1 Å². The molecule has 0 radical (unpaired) electrons. The molecule has 0 bridgehead atoms. The van der Waals surface area contributed by atoms with E-state index < -0.39 is 0 Å². The van der Waals surface area contributed by atoms with E-state index in [0.29, 0.717) is 6.04 Å². The second-order valence-corrected chi connectivity index (χ2v) is 6.08. The fourth-order valence-corrected chi connectivity index (χ4v) is 4.00. The second-order valence-electron chi connectivity index (χ2n) is 6.08. The van der Waals surface area contributed by atoms with Crippen molar-refractivity contribution >= 4 is 5.69 Å². The monoisotopic (exact) mass is 244 g/mol. The van der Waals surface area contributed by atoms with Crippen molar-refractivity contribution in [2.24, 2.45) is 0 Å². The molecule has 1 saturated heterocycles. The van der Waals surface area contributed by atoms with Gasteiger partial charge in [0.15, 0.2) is 5.60 Å². The zero-order chi connectivity index (χ0) is 12.3. The predicted molar refractivity (Wildman–Crippen MR) is 72.3 cm³/mol. The van der Waals surface area contributed by atoms with E-state index in [1.807, 2.05) is 0 Å². The highest BCUT2D eigenvalue weighted by Crippen LogP contribution is 2.56. The third-order valence-corrected chi connectivity index (χ3v) is 4.91. The second kappa shape index (κ2) is 3.41. The van der Waals surface area contributed by atoms with Gasteiger partial charge in [-0.05, 0) is 38.6 Å². The van der Waals surface area contributed by atoms with Crippen LogP contribution in [0.1, 0.15) is 24.8 Å². The number of likely N-dealkylation sites (N-methyl/N-ethyl adjacent to an activating group) is 1. The normalized spacial score (nSPS) is 33.2. The predicted octanol–water partition coefficient (Wildman–Crippen LogP) is 2.21. The molecule has 2 atom stereocenters. The summed E-state index contributed by atoms with van der Waals surface area (Å²) in [7, 11) is 4.43. The van der Waals surface area contributed by atoms with E-state index in [-0.39, 0.29) is 5.60 Å². The summed E-state index contributed by atoms with van der Waals surface area (Å²) < 4.78 is 6.19. The van der Waals surface area contributed by atoms with Crippen LogP contribution in [-0.2, 0) is 5.60 Å². The highest BCUT2D eigenvalue weighted by Gasteiger charge is 2.54. The number of hydrogen-bond donors (Lipinski definition) is 0. The Morgan fingerprint density at radius 3 is 3.06 bits per heavy atom. The largest absolute Gasteiger partial charge is 0.480 e. The lowest BCUT2D eigenvalue weighted by Crippen LogP contribution is -2.48. The smallest absolute Gasteiger partial charge is 0.158 e. The maximum Gasteiger partial charge on any atom is 0.158 e. The van der Waals surface area contributed by atoms with Gasteiger partial charge in [-0.15, -0.1) is 0 Å². The van der Waals surface area contributed by atoms with Gasteiger partial charge in [-0.2, -0.15) is 0 Å². The molecule has 0 amide bonds. The van der Waals surface area contributed by atoms with E-state index in [2.05, 4.69) is 42.1 Å². The summed E-state index contributed by atoms with van der Waals surface area (Å²) in [5.74, 6) is 1.11. The van der Waals surface area contributed by atoms with E-state index in [9.17, 15) is 0 Å². The molecule has 3 nitrogen and oxygen atoms in total. The topological polar surface area (TPSA) is 15.7 Å². The Morgan fingerprint density at radius 2 is 2.28 bits per heavy atom. The first-order valence-corrected chi connectivity index (χ1v) is 6.93. The zero-order valence-corrected chi connectivity index (χ0v) is 11.1. The first-order valence-electron chi connectivity index (χ1n) is 6.93. The fraction of sp³-hybridized carbons (Fsp3) is 0.600. The van der Waals surface area contributed by atoms with Crippen LogP contribution in [0.5, 0.6) is 5.75 Å². The van der Waals surface area contributed by atoms with Crippen LogP contribution in [0.2, 0.25) is 0 Å². The SMILES string of the molecule is CN1CC2(CC3CCCN3C)Oc3cccc1c32. The molecule has 3 aliphatic heterocycles. The number of likely N-dealkylation sites (tertiary alicyclic amines) is 1. The molecule has 1 aromatic carbocycles. The van der Waals surface area contributed by atoms with E-state index in [4.69, 9.17) is 4.74 Å².